The Morgan fingerprint density at radius 1 is 1.56 bits per heavy atom. The summed E-state index contributed by atoms with van der Waals surface area (Å²) in [5, 5.41) is 0. The molecule has 0 saturated carbocycles. The number of oxazole rings is 1. The molecule has 0 aromatic carbocycles. The molecule has 2 heterocycles. The van der Waals surface area contributed by atoms with Crippen LogP contribution >= 0.6 is 11.8 Å². The summed E-state index contributed by atoms with van der Waals surface area (Å²) in [6.45, 7) is 2.69. The van der Waals surface area contributed by atoms with E-state index in [0.29, 0.717) is 6.54 Å². The number of aromatic nitrogens is 1. The second-order valence-corrected chi connectivity index (χ2v) is 5.78. The van der Waals surface area contributed by atoms with Gasteiger partial charge in [0.25, 0.3) is 0 Å². The molecule has 1 aromatic rings. The van der Waals surface area contributed by atoms with Gasteiger partial charge in [0.1, 0.15) is 5.76 Å². The van der Waals surface area contributed by atoms with E-state index in [1.807, 2.05) is 6.20 Å². The highest BCUT2D eigenvalue weighted by Crippen LogP contribution is 2.26. The molecular formula is C12H20N2OS. The Morgan fingerprint density at radius 2 is 2.31 bits per heavy atom. The van der Waals surface area contributed by atoms with Crippen LogP contribution in [-0.4, -0.2) is 23.0 Å². The second kappa shape index (κ2) is 5.73. The molecule has 1 unspecified atom stereocenters. The third kappa shape index (κ3) is 3.01. The van der Waals surface area contributed by atoms with Gasteiger partial charge in [-0.05, 0) is 30.3 Å². The standard InChI is InChI=1S/C12H20N2OS/c1-9(7-13)11-8-14-12(15-11)6-10-2-4-16-5-3-10/h8-10H,2-7,13H2,1H3. The van der Waals surface area contributed by atoms with Crippen LogP contribution in [-0.2, 0) is 6.42 Å². The van der Waals surface area contributed by atoms with Crippen molar-refractivity contribution in [2.45, 2.75) is 32.1 Å². The van der Waals surface area contributed by atoms with Crippen LogP contribution in [0.3, 0.4) is 0 Å². The van der Waals surface area contributed by atoms with Crippen LogP contribution in [0.15, 0.2) is 10.6 Å². The lowest BCUT2D eigenvalue weighted by atomic mass is 9.99. The number of hydrogen-bond donors (Lipinski definition) is 1. The Morgan fingerprint density at radius 3 is 3.00 bits per heavy atom. The highest BCUT2D eigenvalue weighted by molar-refractivity contribution is 7.99. The van der Waals surface area contributed by atoms with E-state index >= 15 is 0 Å². The molecule has 90 valence electrons. The highest BCUT2D eigenvalue weighted by atomic mass is 32.2. The summed E-state index contributed by atoms with van der Waals surface area (Å²) >= 11 is 2.06. The van der Waals surface area contributed by atoms with Gasteiger partial charge in [0.05, 0.1) is 6.20 Å². The van der Waals surface area contributed by atoms with E-state index < -0.39 is 0 Å². The van der Waals surface area contributed by atoms with Crippen LogP contribution in [0.4, 0.5) is 0 Å². The van der Waals surface area contributed by atoms with Crippen molar-refractivity contribution in [3.63, 3.8) is 0 Å². The van der Waals surface area contributed by atoms with Crippen LogP contribution < -0.4 is 5.73 Å². The summed E-state index contributed by atoms with van der Waals surface area (Å²) in [5.74, 6) is 5.45. The van der Waals surface area contributed by atoms with E-state index in [-0.39, 0.29) is 5.92 Å². The van der Waals surface area contributed by atoms with Crippen LogP contribution in [0.5, 0.6) is 0 Å². The van der Waals surface area contributed by atoms with Crippen molar-refractivity contribution >= 4 is 11.8 Å². The molecule has 0 amide bonds. The number of rotatable bonds is 4. The van der Waals surface area contributed by atoms with Crippen molar-refractivity contribution in [3.8, 4) is 0 Å². The van der Waals surface area contributed by atoms with Gasteiger partial charge in [-0.3, -0.25) is 0 Å². The summed E-state index contributed by atoms with van der Waals surface area (Å²) in [6.07, 6.45) is 5.44. The Labute approximate surface area is 101 Å². The molecule has 3 nitrogen and oxygen atoms in total. The Kier molecular flexibility index (Phi) is 4.29. The lowest BCUT2D eigenvalue weighted by Gasteiger charge is -2.19. The summed E-state index contributed by atoms with van der Waals surface area (Å²) in [7, 11) is 0. The van der Waals surface area contributed by atoms with Gasteiger partial charge in [0.15, 0.2) is 5.89 Å². The van der Waals surface area contributed by atoms with Gasteiger partial charge in [0, 0.05) is 18.9 Å². The minimum absolute atomic E-state index is 0.281. The first-order valence-electron chi connectivity index (χ1n) is 6.02. The lowest BCUT2D eigenvalue weighted by Crippen LogP contribution is -2.12. The molecule has 1 aromatic heterocycles. The van der Waals surface area contributed by atoms with Gasteiger partial charge < -0.3 is 10.2 Å². The van der Waals surface area contributed by atoms with Crippen molar-refractivity contribution in [1.82, 2.24) is 4.98 Å². The molecule has 1 aliphatic rings. The molecule has 1 saturated heterocycles. The van der Waals surface area contributed by atoms with Gasteiger partial charge in [-0.2, -0.15) is 11.8 Å². The highest BCUT2D eigenvalue weighted by Gasteiger charge is 2.17. The molecule has 1 fully saturated rings. The van der Waals surface area contributed by atoms with Crippen molar-refractivity contribution in [2.75, 3.05) is 18.1 Å². The molecule has 0 radical (unpaired) electrons. The summed E-state index contributed by atoms with van der Waals surface area (Å²) in [4.78, 5) is 4.35. The van der Waals surface area contributed by atoms with Gasteiger partial charge in [-0.1, -0.05) is 6.92 Å². The van der Waals surface area contributed by atoms with E-state index in [0.717, 1.165) is 24.0 Å². The largest absolute Gasteiger partial charge is 0.445 e. The van der Waals surface area contributed by atoms with E-state index in [1.54, 1.807) is 0 Å². The number of hydrogen-bond acceptors (Lipinski definition) is 4. The van der Waals surface area contributed by atoms with Crippen LogP contribution in [0.1, 0.15) is 37.3 Å². The number of nitrogens with zero attached hydrogens (tertiary/aromatic N) is 1. The molecule has 0 spiro atoms. The fraction of sp³-hybridized carbons (Fsp3) is 0.750. The predicted molar refractivity (Wildman–Crippen MR) is 67.7 cm³/mol. The smallest absolute Gasteiger partial charge is 0.194 e. The molecule has 4 heteroatoms. The maximum atomic E-state index is 5.74. The van der Waals surface area contributed by atoms with Gasteiger partial charge in [0.2, 0.25) is 0 Å². The Balaban J connectivity index is 1.91. The maximum absolute atomic E-state index is 5.74. The molecule has 0 bridgehead atoms. The lowest BCUT2D eigenvalue weighted by molar-refractivity contribution is 0.382. The Bertz CT molecular complexity index is 321. The maximum Gasteiger partial charge on any atom is 0.194 e. The third-order valence-electron chi connectivity index (χ3n) is 3.21. The molecule has 16 heavy (non-hydrogen) atoms. The van der Waals surface area contributed by atoms with Crippen molar-refractivity contribution in [3.05, 3.63) is 17.8 Å². The fourth-order valence-corrected chi connectivity index (χ4v) is 3.16. The zero-order chi connectivity index (χ0) is 11.4. The summed E-state index contributed by atoms with van der Waals surface area (Å²) in [6, 6.07) is 0. The van der Waals surface area contributed by atoms with Crippen LogP contribution in [0.2, 0.25) is 0 Å². The van der Waals surface area contributed by atoms with E-state index in [9.17, 15) is 0 Å². The van der Waals surface area contributed by atoms with Gasteiger partial charge >= 0.3 is 0 Å². The zero-order valence-corrected chi connectivity index (χ0v) is 10.6. The van der Waals surface area contributed by atoms with E-state index in [2.05, 4.69) is 23.7 Å². The van der Waals surface area contributed by atoms with Crippen LogP contribution in [0, 0.1) is 5.92 Å². The van der Waals surface area contributed by atoms with Gasteiger partial charge in [-0.15, -0.1) is 0 Å². The monoisotopic (exact) mass is 240 g/mol. The molecule has 1 atom stereocenters. The van der Waals surface area contributed by atoms with Gasteiger partial charge in [-0.25, -0.2) is 4.98 Å². The van der Waals surface area contributed by atoms with Crippen LogP contribution in [0.25, 0.3) is 0 Å². The van der Waals surface area contributed by atoms with E-state index in [4.69, 9.17) is 10.2 Å². The topological polar surface area (TPSA) is 52.0 Å². The summed E-state index contributed by atoms with van der Waals surface area (Å²) in [5.41, 5.74) is 5.61. The number of nitrogens with two attached hydrogens (primary N) is 1. The van der Waals surface area contributed by atoms with Crippen molar-refractivity contribution in [2.24, 2.45) is 11.7 Å². The SMILES string of the molecule is CC(CN)c1cnc(CC2CCSCC2)o1. The minimum Gasteiger partial charge on any atom is -0.445 e. The van der Waals surface area contributed by atoms with Crippen molar-refractivity contribution < 1.29 is 4.42 Å². The first-order valence-corrected chi connectivity index (χ1v) is 7.17. The fourth-order valence-electron chi connectivity index (χ4n) is 1.96. The molecule has 2 N–H and O–H groups in total. The second-order valence-electron chi connectivity index (χ2n) is 4.55. The molecule has 2 rings (SSSR count). The first kappa shape index (κ1) is 12.0. The molecule has 0 aliphatic carbocycles. The minimum atomic E-state index is 0.281. The predicted octanol–water partition coefficient (Wildman–Crippen LogP) is 2.42. The Hall–Kier alpha value is -0.480. The van der Waals surface area contributed by atoms with E-state index in [1.165, 1.54) is 24.3 Å². The quantitative estimate of drug-likeness (QED) is 0.878. The number of thioether (sulfide) groups is 1. The average Bonchev–Trinajstić information content (AvgIpc) is 2.78. The molecule has 1 aliphatic heterocycles. The third-order valence-corrected chi connectivity index (χ3v) is 4.26. The zero-order valence-electron chi connectivity index (χ0n) is 9.82. The first-order chi connectivity index (χ1) is 7.79. The summed E-state index contributed by atoms with van der Waals surface area (Å²) < 4.78 is 5.74. The normalized spacial score (nSPS) is 19.9. The average molecular weight is 240 g/mol. The molecular weight excluding hydrogens is 220 g/mol. The van der Waals surface area contributed by atoms with Crippen molar-refractivity contribution in [1.29, 1.82) is 0 Å².